The van der Waals surface area contributed by atoms with E-state index in [1.807, 2.05) is 36.4 Å². The molecule has 5 rings (SSSR count). The van der Waals surface area contributed by atoms with Gasteiger partial charge in [0.2, 0.25) is 5.88 Å². The summed E-state index contributed by atoms with van der Waals surface area (Å²) in [5.41, 5.74) is 4.36. The number of anilines is 1. The number of aromatic amines is 1. The molecule has 0 atom stereocenters. The van der Waals surface area contributed by atoms with Crippen LogP contribution in [0.1, 0.15) is 33.1 Å². The van der Waals surface area contributed by atoms with Crippen molar-refractivity contribution < 1.29 is 24.5 Å². The second-order valence-corrected chi connectivity index (χ2v) is 8.17. The number of hydrogen-bond acceptors (Lipinski definition) is 5. The van der Waals surface area contributed by atoms with E-state index < -0.39 is 29.3 Å². The first-order valence-electron chi connectivity index (χ1n) is 10.9. The lowest BCUT2D eigenvalue weighted by atomic mass is 9.98. The topological polar surface area (TPSA) is 134 Å². The molecule has 1 aliphatic carbocycles. The van der Waals surface area contributed by atoms with Gasteiger partial charge in [0.15, 0.2) is 5.69 Å². The van der Waals surface area contributed by atoms with Crippen molar-refractivity contribution >= 4 is 17.7 Å². The maximum atomic E-state index is 12.5. The van der Waals surface area contributed by atoms with Gasteiger partial charge in [0.05, 0.1) is 6.54 Å². The molecule has 35 heavy (non-hydrogen) atoms. The number of aromatic nitrogens is 2. The van der Waals surface area contributed by atoms with Crippen molar-refractivity contribution in [2.45, 2.75) is 12.5 Å². The molecule has 0 spiro atoms. The molecule has 9 nitrogen and oxygen atoms in total. The number of aromatic carboxylic acids is 1. The molecule has 1 amide bonds. The first-order valence-corrected chi connectivity index (χ1v) is 10.9. The van der Waals surface area contributed by atoms with Gasteiger partial charge in [0.25, 0.3) is 0 Å². The SMILES string of the molecule is O=C(Nc1ccc(Cn2c(O)c(C(=O)O)[nH]c2=O)cc1)OCC1c2ccccc2-c2ccccc21. The predicted molar refractivity (Wildman–Crippen MR) is 128 cm³/mol. The summed E-state index contributed by atoms with van der Waals surface area (Å²) in [6, 6.07) is 22.7. The molecule has 1 heterocycles. The minimum atomic E-state index is -1.43. The number of nitrogens with zero attached hydrogens (tertiary/aromatic N) is 1. The number of benzene rings is 3. The number of H-pyrrole nitrogens is 1. The van der Waals surface area contributed by atoms with Gasteiger partial charge in [-0.15, -0.1) is 0 Å². The maximum Gasteiger partial charge on any atom is 0.411 e. The first kappa shape index (κ1) is 22.0. The van der Waals surface area contributed by atoms with Gasteiger partial charge in [-0.25, -0.2) is 14.4 Å². The highest BCUT2D eigenvalue weighted by molar-refractivity contribution is 5.88. The summed E-state index contributed by atoms with van der Waals surface area (Å²) in [6.07, 6.45) is -0.592. The van der Waals surface area contributed by atoms with E-state index in [0.29, 0.717) is 11.3 Å². The van der Waals surface area contributed by atoms with E-state index in [4.69, 9.17) is 9.84 Å². The number of carbonyl (C=O) groups excluding carboxylic acids is 1. The molecule has 0 unspecified atom stereocenters. The molecule has 3 aromatic carbocycles. The average molecular weight is 471 g/mol. The van der Waals surface area contributed by atoms with E-state index >= 15 is 0 Å². The Morgan fingerprint density at radius 2 is 1.54 bits per heavy atom. The van der Waals surface area contributed by atoms with Gasteiger partial charge in [0.1, 0.15) is 6.61 Å². The lowest BCUT2D eigenvalue weighted by molar-refractivity contribution is 0.0687. The second-order valence-electron chi connectivity index (χ2n) is 8.17. The number of carboxylic acids is 1. The number of rotatable bonds is 6. The Labute approximate surface area is 199 Å². The van der Waals surface area contributed by atoms with Gasteiger partial charge >= 0.3 is 17.8 Å². The van der Waals surface area contributed by atoms with E-state index in [2.05, 4.69) is 22.4 Å². The van der Waals surface area contributed by atoms with E-state index in [1.54, 1.807) is 24.3 Å². The van der Waals surface area contributed by atoms with Gasteiger partial charge in [-0.1, -0.05) is 60.7 Å². The van der Waals surface area contributed by atoms with E-state index in [0.717, 1.165) is 26.8 Å². The lowest BCUT2D eigenvalue weighted by Crippen LogP contribution is -2.18. The Kier molecular flexibility index (Phi) is 5.58. The zero-order valence-corrected chi connectivity index (χ0v) is 18.4. The minimum Gasteiger partial charge on any atom is -0.493 e. The highest BCUT2D eigenvalue weighted by Crippen LogP contribution is 2.44. The number of imidazole rings is 1. The molecule has 9 heteroatoms. The molecule has 0 aliphatic heterocycles. The standard InChI is InChI=1S/C26H21N3O6/c30-23-22(24(31)32)28-25(33)29(23)13-15-9-11-16(12-10-15)27-26(34)35-14-21-19-7-3-1-5-17(19)18-6-2-4-8-20(18)21/h1-12,21,30H,13-14H2,(H,27,34)(H,28,33)(H,31,32). The fraction of sp³-hybridized carbons (Fsp3) is 0.115. The average Bonchev–Trinajstić information content (AvgIpc) is 3.33. The quantitative estimate of drug-likeness (QED) is 0.336. The summed E-state index contributed by atoms with van der Waals surface area (Å²) < 4.78 is 6.45. The largest absolute Gasteiger partial charge is 0.493 e. The number of amides is 1. The van der Waals surface area contributed by atoms with E-state index in [1.165, 1.54) is 0 Å². The van der Waals surface area contributed by atoms with E-state index in [-0.39, 0.29) is 19.1 Å². The molecular weight excluding hydrogens is 450 g/mol. The fourth-order valence-corrected chi connectivity index (χ4v) is 4.39. The Morgan fingerprint density at radius 1 is 0.943 bits per heavy atom. The van der Waals surface area contributed by atoms with Crippen LogP contribution in [-0.4, -0.2) is 38.4 Å². The number of nitrogens with one attached hydrogen (secondary N) is 2. The summed E-state index contributed by atoms with van der Waals surface area (Å²) in [5, 5.41) is 21.7. The van der Waals surface area contributed by atoms with Crippen molar-refractivity contribution in [3.63, 3.8) is 0 Å². The van der Waals surface area contributed by atoms with Gasteiger partial charge in [-0.3, -0.25) is 14.9 Å². The Hall–Kier alpha value is -4.79. The molecule has 176 valence electrons. The number of fused-ring (bicyclic) bond motifs is 3. The van der Waals surface area contributed by atoms with Crippen molar-refractivity contribution in [1.29, 1.82) is 0 Å². The van der Waals surface area contributed by atoms with Crippen LogP contribution in [0.25, 0.3) is 11.1 Å². The van der Waals surface area contributed by atoms with Crippen LogP contribution in [0, 0.1) is 0 Å². The van der Waals surface area contributed by atoms with Gasteiger partial charge < -0.3 is 14.9 Å². The normalized spacial score (nSPS) is 12.1. The van der Waals surface area contributed by atoms with Crippen LogP contribution in [-0.2, 0) is 11.3 Å². The summed E-state index contributed by atoms with van der Waals surface area (Å²) in [4.78, 5) is 37.5. The summed E-state index contributed by atoms with van der Waals surface area (Å²) in [6.45, 7) is 0.152. The second kappa shape index (κ2) is 8.86. The van der Waals surface area contributed by atoms with Crippen LogP contribution in [0.4, 0.5) is 10.5 Å². The smallest absolute Gasteiger partial charge is 0.411 e. The van der Waals surface area contributed by atoms with Crippen molar-refractivity contribution in [2.75, 3.05) is 11.9 Å². The van der Waals surface area contributed by atoms with Gasteiger partial charge in [-0.05, 0) is 39.9 Å². The Bertz CT molecular complexity index is 1440. The molecule has 0 radical (unpaired) electrons. The number of carbonyl (C=O) groups is 2. The number of aromatic hydroxyl groups is 1. The van der Waals surface area contributed by atoms with Crippen LogP contribution in [0.15, 0.2) is 77.6 Å². The molecule has 1 aromatic heterocycles. The van der Waals surface area contributed by atoms with Crippen LogP contribution < -0.4 is 11.0 Å². The van der Waals surface area contributed by atoms with Gasteiger partial charge in [-0.2, -0.15) is 0 Å². The van der Waals surface area contributed by atoms with Gasteiger partial charge in [0, 0.05) is 11.6 Å². The molecule has 4 N–H and O–H groups in total. The fourth-order valence-electron chi connectivity index (χ4n) is 4.39. The highest BCUT2D eigenvalue weighted by Gasteiger charge is 2.29. The predicted octanol–water partition coefficient (Wildman–Crippen LogP) is 3.99. The van der Waals surface area contributed by atoms with Crippen LogP contribution >= 0.6 is 0 Å². The molecule has 1 aliphatic rings. The molecule has 0 saturated heterocycles. The molecule has 0 bridgehead atoms. The lowest BCUT2D eigenvalue weighted by Gasteiger charge is -2.14. The highest BCUT2D eigenvalue weighted by atomic mass is 16.5. The molecular formula is C26H21N3O6. The molecule has 4 aromatic rings. The van der Waals surface area contributed by atoms with Crippen LogP contribution in [0.2, 0.25) is 0 Å². The third kappa shape index (κ3) is 4.15. The zero-order chi connectivity index (χ0) is 24.5. The molecule has 0 fully saturated rings. The van der Waals surface area contributed by atoms with E-state index in [9.17, 15) is 19.5 Å². The first-order chi connectivity index (χ1) is 16.9. The monoisotopic (exact) mass is 471 g/mol. The van der Waals surface area contributed by atoms with Crippen LogP contribution in [0.3, 0.4) is 0 Å². The van der Waals surface area contributed by atoms with Crippen molar-refractivity contribution in [3.05, 3.63) is 106 Å². The zero-order valence-electron chi connectivity index (χ0n) is 18.4. The van der Waals surface area contributed by atoms with Crippen LogP contribution in [0.5, 0.6) is 5.88 Å². The number of hydrogen-bond donors (Lipinski definition) is 4. The maximum absolute atomic E-state index is 12.5. The summed E-state index contributed by atoms with van der Waals surface area (Å²) in [5.74, 6) is -2.12. The third-order valence-corrected chi connectivity index (χ3v) is 6.05. The Balaban J connectivity index is 1.23. The minimum absolute atomic E-state index is 0.0420. The summed E-state index contributed by atoms with van der Waals surface area (Å²) in [7, 11) is 0. The third-order valence-electron chi connectivity index (χ3n) is 6.05. The number of carboxylic acid groups (broad SMARTS) is 1. The summed E-state index contributed by atoms with van der Waals surface area (Å²) >= 11 is 0. The number of ether oxygens (including phenoxy) is 1. The molecule has 0 saturated carbocycles. The Morgan fingerprint density at radius 3 is 2.11 bits per heavy atom. The van der Waals surface area contributed by atoms with Crippen molar-refractivity contribution in [2.24, 2.45) is 0 Å². The van der Waals surface area contributed by atoms with Crippen molar-refractivity contribution in [1.82, 2.24) is 9.55 Å². The van der Waals surface area contributed by atoms with Crippen molar-refractivity contribution in [3.8, 4) is 17.0 Å².